The summed E-state index contributed by atoms with van der Waals surface area (Å²) in [5, 5.41) is 3.11. The highest BCUT2D eigenvalue weighted by Gasteiger charge is 2.44. The van der Waals surface area contributed by atoms with Crippen molar-refractivity contribution in [2.45, 2.75) is 45.4 Å². The van der Waals surface area contributed by atoms with Gasteiger partial charge in [0.15, 0.2) is 0 Å². The summed E-state index contributed by atoms with van der Waals surface area (Å²) in [4.78, 5) is 20.2. The third-order valence-electron chi connectivity index (χ3n) is 6.68. The van der Waals surface area contributed by atoms with E-state index in [4.69, 9.17) is 9.72 Å². The van der Waals surface area contributed by atoms with Gasteiger partial charge in [-0.1, -0.05) is 81.4 Å². The third-order valence-corrected chi connectivity index (χ3v) is 6.68. The van der Waals surface area contributed by atoms with Crippen molar-refractivity contribution in [3.8, 4) is 11.3 Å². The Balaban J connectivity index is 1.84. The first-order chi connectivity index (χ1) is 17.2. The van der Waals surface area contributed by atoms with Crippen molar-refractivity contribution >= 4 is 5.91 Å². The van der Waals surface area contributed by atoms with Crippen molar-refractivity contribution in [3.63, 3.8) is 0 Å². The minimum Gasteiger partial charge on any atom is -0.375 e. The molecule has 2 aromatic carbocycles. The number of methoxy groups -OCH3 is 1. The molecule has 2 heterocycles. The van der Waals surface area contributed by atoms with Gasteiger partial charge < -0.3 is 19.5 Å². The van der Waals surface area contributed by atoms with Gasteiger partial charge in [-0.05, 0) is 23.9 Å². The first-order valence-electron chi connectivity index (χ1n) is 12.5. The Morgan fingerprint density at radius 2 is 1.83 bits per heavy atom. The molecule has 0 unspecified atom stereocenters. The molecule has 1 aromatic heterocycles. The van der Waals surface area contributed by atoms with Crippen LogP contribution in [-0.4, -0.2) is 59.4 Å². The lowest BCUT2D eigenvalue weighted by molar-refractivity contribution is -0.143. The molecule has 1 saturated heterocycles. The zero-order valence-corrected chi connectivity index (χ0v) is 21.7. The van der Waals surface area contributed by atoms with Crippen molar-refractivity contribution in [2.24, 2.45) is 5.41 Å². The number of nitrogens with one attached hydrogen (secondary N) is 1. The summed E-state index contributed by atoms with van der Waals surface area (Å²) in [5.41, 5.74) is 1.04. The Hall–Kier alpha value is -3.03. The number of ether oxygens (including phenoxy) is 1. The van der Waals surface area contributed by atoms with E-state index in [1.54, 1.807) is 4.90 Å². The number of hydrogen-bond acceptors (Lipinski definition) is 4. The number of benzene rings is 2. The number of aromatic nitrogens is 2. The predicted octanol–water partition coefficient (Wildman–Crippen LogP) is 4.86. The molecule has 4 rings (SSSR count). The first kappa shape index (κ1) is 26.0. The minimum atomic E-state index is -1.49. The van der Waals surface area contributed by atoms with Gasteiger partial charge in [0.2, 0.25) is 5.91 Å². The van der Waals surface area contributed by atoms with Gasteiger partial charge in [0.1, 0.15) is 18.1 Å². The van der Waals surface area contributed by atoms with E-state index in [2.05, 4.69) is 42.8 Å². The van der Waals surface area contributed by atoms with Crippen LogP contribution in [0.3, 0.4) is 0 Å². The lowest BCUT2D eigenvalue weighted by atomic mass is 9.84. The molecule has 0 bridgehead atoms. The van der Waals surface area contributed by atoms with E-state index in [9.17, 15) is 4.79 Å². The molecule has 1 N–H and O–H groups in total. The Morgan fingerprint density at radius 3 is 2.42 bits per heavy atom. The molecule has 2 atom stereocenters. The minimum absolute atomic E-state index is 0.0109. The summed E-state index contributed by atoms with van der Waals surface area (Å²) >= 11 is 0. The quantitative estimate of drug-likeness (QED) is 0.463. The van der Waals surface area contributed by atoms with Gasteiger partial charge in [0, 0.05) is 32.0 Å². The van der Waals surface area contributed by atoms with Crippen molar-refractivity contribution in [3.05, 3.63) is 78.2 Å². The van der Waals surface area contributed by atoms with Gasteiger partial charge in [-0.15, -0.1) is 0 Å². The van der Waals surface area contributed by atoms with Crippen LogP contribution in [0.2, 0.25) is 0 Å². The second-order valence-corrected chi connectivity index (χ2v) is 10.8. The number of nitrogens with zero attached hydrogens (tertiary/aromatic N) is 3. The summed E-state index contributed by atoms with van der Waals surface area (Å²) in [7, 11) is 1.49. The molecule has 6 nitrogen and oxygen atoms in total. The number of rotatable bonds is 9. The van der Waals surface area contributed by atoms with Gasteiger partial charge in [0.05, 0.1) is 18.3 Å². The highest BCUT2D eigenvalue weighted by Crippen LogP contribution is 2.40. The number of alkyl halides is 1. The summed E-state index contributed by atoms with van der Waals surface area (Å²) in [6.07, 6.45) is 2.41. The van der Waals surface area contributed by atoms with Crippen molar-refractivity contribution in [1.82, 2.24) is 19.8 Å². The monoisotopic (exact) mass is 492 g/mol. The molecule has 7 heteroatoms. The molecule has 192 valence electrons. The van der Waals surface area contributed by atoms with Crippen LogP contribution in [0.4, 0.5) is 4.39 Å². The van der Waals surface area contributed by atoms with Crippen LogP contribution in [0.5, 0.6) is 0 Å². The standard InChI is InChI=1S/C29H37FN4O2/c1-28(2,3)26(34(25(35)19-36-4)21-29(30)15-16-31-20-29)27-32-24(23-13-9-6-10-14-23)18-33(27)17-22-11-7-5-8-12-22/h5-14,18,26,31H,15-17,19-21H2,1-4H3/t26-,29-/m0/s1. The molecule has 36 heavy (non-hydrogen) atoms. The van der Waals surface area contributed by atoms with Crippen LogP contribution in [0.1, 0.15) is 44.6 Å². The number of hydrogen-bond donors (Lipinski definition) is 1. The van der Waals surface area contributed by atoms with Crippen LogP contribution in [0, 0.1) is 5.41 Å². The molecule has 0 saturated carbocycles. The third kappa shape index (κ3) is 6.02. The highest BCUT2D eigenvalue weighted by molar-refractivity contribution is 5.78. The topological polar surface area (TPSA) is 59.4 Å². The second-order valence-electron chi connectivity index (χ2n) is 10.8. The normalized spacial score (nSPS) is 18.8. The Bertz CT molecular complexity index is 1140. The zero-order valence-electron chi connectivity index (χ0n) is 21.7. The summed E-state index contributed by atoms with van der Waals surface area (Å²) in [6, 6.07) is 19.7. The van der Waals surface area contributed by atoms with E-state index in [1.807, 2.05) is 54.7 Å². The maximum Gasteiger partial charge on any atom is 0.249 e. The van der Waals surface area contributed by atoms with Crippen molar-refractivity contribution in [2.75, 3.05) is 33.4 Å². The molecule has 1 amide bonds. The number of amides is 1. The number of carbonyl (C=O) groups is 1. The highest BCUT2D eigenvalue weighted by atomic mass is 19.1. The maximum atomic E-state index is 15.8. The Labute approximate surface area is 213 Å². The summed E-state index contributed by atoms with van der Waals surface area (Å²) in [5.74, 6) is 0.501. The van der Waals surface area contributed by atoms with Crippen LogP contribution < -0.4 is 5.32 Å². The fourth-order valence-electron chi connectivity index (χ4n) is 4.98. The van der Waals surface area contributed by atoms with E-state index < -0.39 is 17.1 Å². The van der Waals surface area contributed by atoms with Crippen molar-refractivity contribution in [1.29, 1.82) is 0 Å². The Morgan fingerprint density at radius 1 is 1.17 bits per heavy atom. The molecule has 0 radical (unpaired) electrons. The molecule has 1 fully saturated rings. The van der Waals surface area contributed by atoms with Crippen LogP contribution >= 0.6 is 0 Å². The molecule has 3 aromatic rings. The van der Waals surface area contributed by atoms with Crippen molar-refractivity contribution < 1.29 is 13.9 Å². The second kappa shape index (κ2) is 10.9. The van der Waals surface area contributed by atoms with Gasteiger partial charge >= 0.3 is 0 Å². The van der Waals surface area contributed by atoms with Gasteiger partial charge in [-0.3, -0.25) is 4.79 Å². The Kier molecular flexibility index (Phi) is 7.91. The van der Waals surface area contributed by atoms with E-state index >= 15 is 4.39 Å². The fourth-order valence-corrected chi connectivity index (χ4v) is 4.98. The van der Waals surface area contributed by atoms with Gasteiger partial charge in [-0.25, -0.2) is 9.37 Å². The molecule has 1 aliphatic rings. The van der Waals surface area contributed by atoms with E-state index in [1.165, 1.54) is 7.11 Å². The van der Waals surface area contributed by atoms with Gasteiger partial charge in [0.25, 0.3) is 0 Å². The summed E-state index contributed by atoms with van der Waals surface area (Å²) in [6.45, 7) is 7.53. The number of halogens is 1. The predicted molar refractivity (Wildman–Crippen MR) is 140 cm³/mol. The van der Waals surface area contributed by atoms with Crippen LogP contribution in [0.25, 0.3) is 11.3 Å². The molecule has 0 spiro atoms. The maximum absolute atomic E-state index is 15.8. The smallest absolute Gasteiger partial charge is 0.249 e. The largest absolute Gasteiger partial charge is 0.375 e. The van der Waals surface area contributed by atoms with Crippen LogP contribution in [0.15, 0.2) is 66.9 Å². The SMILES string of the molecule is COCC(=O)N(C[C@]1(F)CCNC1)[C@@H](c1nc(-c2ccccc2)cn1Cc1ccccc1)C(C)(C)C. The van der Waals surface area contributed by atoms with Gasteiger partial charge in [-0.2, -0.15) is 0 Å². The average Bonchev–Trinajstić information content (AvgIpc) is 3.46. The molecular formula is C29H37FN4O2. The molecule has 0 aliphatic carbocycles. The van der Waals surface area contributed by atoms with E-state index in [-0.39, 0.29) is 25.6 Å². The fraction of sp³-hybridized carbons (Fsp3) is 0.448. The average molecular weight is 493 g/mol. The molecular weight excluding hydrogens is 455 g/mol. The molecule has 1 aliphatic heterocycles. The lowest BCUT2D eigenvalue weighted by Crippen LogP contribution is -2.50. The first-order valence-corrected chi connectivity index (χ1v) is 12.5. The number of imidazole rings is 1. The van der Waals surface area contributed by atoms with Crippen LogP contribution in [-0.2, 0) is 16.1 Å². The van der Waals surface area contributed by atoms with E-state index in [0.29, 0.717) is 19.5 Å². The van der Waals surface area contributed by atoms with E-state index in [0.717, 1.165) is 22.6 Å². The lowest BCUT2D eigenvalue weighted by Gasteiger charge is -2.42. The zero-order chi connectivity index (χ0) is 25.8. The summed E-state index contributed by atoms with van der Waals surface area (Å²) < 4.78 is 23.2. The number of carbonyl (C=O) groups excluding carboxylic acids is 1.